The molecule has 5 heteroatoms. The van der Waals surface area contributed by atoms with Crippen LogP contribution in [0.4, 0.5) is 5.69 Å². The van der Waals surface area contributed by atoms with E-state index in [0.29, 0.717) is 0 Å². The zero-order chi connectivity index (χ0) is 14.0. The highest BCUT2D eigenvalue weighted by Gasteiger charge is 2.32. The number of carbonyl (C=O) groups excluding carboxylic acids is 1. The van der Waals surface area contributed by atoms with Crippen LogP contribution >= 0.6 is 15.9 Å². The van der Waals surface area contributed by atoms with E-state index in [9.17, 15) is 4.79 Å². The predicted octanol–water partition coefficient (Wildman–Crippen LogP) is 2.36. The SMILES string of the molecule is Cc1cc(N2CC(C)NC(=O)C2CC#N)ccc1Br. The number of nitrogens with one attached hydrogen (secondary N) is 1. The maximum atomic E-state index is 12.0. The highest BCUT2D eigenvalue weighted by molar-refractivity contribution is 9.10. The topological polar surface area (TPSA) is 56.1 Å². The molecule has 0 bridgehead atoms. The molecule has 19 heavy (non-hydrogen) atoms. The Labute approximate surface area is 121 Å². The Balaban J connectivity index is 2.35. The van der Waals surface area contributed by atoms with Gasteiger partial charge in [-0.1, -0.05) is 15.9 Å². The first-order valence-electron chi connectivity index (χ1n) is 6.23. The lowest BCUT2D eigenvalue weighted by atomic mass is 10.0. The maximum Gasteiger partial charge on any atom is 0.244 e. The van der Waals surface area contributed by atoms with Crippen molar-refractivity contribution in [2.45, 2.75) is 32.4 Å². The molecule has 1 aliphatic rings. The molecular formula is C14H16BrN3O. The van der Waals surface area contributed by atoms with Gasteiger partial charge < -0.3 is 10.2 Å². The molecule has 1 heterocycles. The molecule has 1 aromatic rings. The number of nitriles is 1. The average Bonchev–Trinajstić information content (AvgIpc) is 2.36. The number of hydrogen-bond acceptors (Lipinski definition) is 3. The van der Waals surface area contributed by atoms with Crippen molar-refractivity contribution in [3.63, 3.8) is 0 Å². The molecule has 0 aromatic heterocycles. The summed E-state index contributed by atoms with van der Waals surface area (Å²) in [6.45, 7) is 4.71. The van der Waals surface area contributed by atoms with Crippen molar-refractivity contribution in [3.8, 4) is 6.07 Å². The third kappa shape index (κ3) is 2.90. The minimum absolute atomic E-state index is 0.0686. The van der Waals surface area contributed by atoms with E-state index < -0.39 is 6.04 Å². The maximum absolute atomic E-state index is 12.0. The Hall–Kier alpha value is -1.54. The minimum Gasteiger partial charge on any atom is -0.357 e. The van der Waals surface area contributed by atoms with Crippen molar-refractivity contribution < 1.29 is 4.79 Å². The quantitative estimate of drug-likeness (QED) is 0.909. The molecule has 1 aliphatic heterocycles. The van der Waals surface area contributed by atoms with Gasteiger partial charge >= 0.3 is 0 Å². The molecule has 1 fully saturated rings. The second-order valence-corrected chi connectivity index (χ2v) is 5.73. The van der Waals surface area contributed by atoms with Crippen LogP contribution in [0.2, 0.25) is 0 Å². The van der Waals surface area contributed by atoms with Gasteiger partial charge in [-0.05, 0) is 37.6 Å². The molecule has 1 amide bonds. The van der Waals surface area contributed by atoms with E-state index in [1.807, 2.05) is 36.9 Å². The standard InChI is InChI=1S/C14H16BrN3O/c1-9-7-11(3-4-12(9)15)18-8-10(2)17-14(19)13(18)5-6-16/h3-4,7,10,13H,5,8H2,1-2H3,(H,17,19). The largest absolute Gasteiger partial charge is 0.357 e. The van der Waals surface area contributed by atoms with Crippen LogP contribution in [0.3, 0.4) is 0 Å². The van der Waals surface area contributed by atoms with Gasteiger partial charge in [0.05, 0.1) is 12.5 Å². The Morgan fingerprint density at radius 3 is 2.95 bits per heavy atom. The molecule has 2 atom stereocenters. The molecule has 0 aliphatic carbocycles. The molecule has 0 spiro atoms. The van der Waals surface area contributed by atoms with Crippen LogP contribution in [0.1, 0.15) is 18.9 Å². The van der Waals surface area contributed by atoms with Gasteiger partial charge in [-0.3, -0.25) is 4.79 Å². The first kappa shape index (κ1) is 13.9. The summed E-state index contributed by atoms with van der Waals surface area (Å²) in [5.41, 5.74) is 2.11. The first-order valence-corrected chi connectivity index (χ1v) is 7.02. The van der Waals surface area contributed by atoms with Crippen LogP contribution in [-0.2, 0) is 4.79 Å². The first-order chi connectivity index (χ1) is 9.02. The van der Waals surface area contributed by atoms with Gasteiger partial charge in [-0.25, -0.2) is 0 Å². The van der Waals surface area contributed by atoms with Gasteiger partial charge in [0, 0.05) is 22.7 Å². The molecule has 0 saturated carbocycles. The van der Waals surface area contributed by atoms with Gasteiger partial charge in [-0.15, -0.1) is 0 Å². The van der Waals surface area contributed by atoms with Crippen LogP contribution in [0.5, 0.6) is 0 Å². The second kappa shape index (κ2) is 5.62. The molecule has 2 rings (SSSR count). The van der Waals surface area contributed by atoms with Crippen molar-refractivity contribution in [3.05, 3.63) is 28.2 Å². The number of halogens is 1. The molecule has 1 saturated heterocycles. The number of amides is 1. The number of aryl methyl sites for hydroxylation is 1. The Morgan fingerprint density at radius 2 is 2.32 bits per heavy atom. The number of nitrogens with zero attached hydrogens (tertiary/aromatic N) is 2. The normalized spacial score (nSPS) is 22.8. The van der Waals surface area contributed by atoms with Crippen LogP contribution in [0.25, 0.3) is 0 Å². The van der Waals surface area contributed by atoms with Crippen molar-refractivity contribution in [2.24, 2.45) is 0 Å². The molecule has 1 aromatic carbocycles. The summed E-state index contributed by atoms with van der Waals surface area (Å²) in [5.74, 6) is -0.0686. The van der Waals surface area contributed by atoms with Gasteiger partial charge in [0.25, 0.3) is 0 Å². The summed E-state index contributed by atoms with van der Waals surface area (Å²) < 4.78 is 1.04. The number of piperazine rings is 1. The number of benzene rings is 1. The molecule has 1 N–H and O–H groups in total. The van der Waals surface area contributed by atoms with E-state index in [0.717, 1.165) is 22.3 Å². The number of rotatable bonds is 2. The predicted molar refractivity (Wildman–Crippen MR) is 77.8 cm³/mol. The Kier molecular flexibility index (Phi) is 4.11. The smallest absolute Gasteiger partial charge is 0.244 e. The van der Waals surface area contributed by atoms with Gasteiger partial charge in [0.15, 0.2) is 0 Å². The van der Waals surface area contributed by atoms with Crippen molar-refractivity contribution in [2.75, 3.05) is 11.4 Å². The summed E-state index contributed by atoms with van der Waals surface area (Å²) in [4.78, 5) is 14.0. The van der Waals surface area contributed by atoms with E-state index in [2.05, 4.69) is 27.3 Å². The fraction of sp³-hybridized carbons (Fsp3) is 0.429. The highest BCUT2D eigenvalue weighted by atomic mass is 79.9. The average molecular weight is 322 g/mol. The van der Waals surface area contributed by atoms with Crippen LogP contribution in [-0.4, -0.2) is 24.5 Å². The van der Waals surface area contributed by atoms with Gasteiger partial charge in [-0.2, -0.15) is 5.26 Å². The van der Waals surface area contributed by atoms with E-state index in [1.165, 1.54) is 0 Å². The van der Waals surface area contributed by atoms with Gasteiger partial charge in [0.1, 0.15) is 6.04 Å². The second-order valence-electron chi connectivity index (χ2n) is 4.87. The summed E-state index contributed by atoms with van der Waals surface area (Å²) in [6, 6.07) is 7.78. The molecule has 100 valence electrons. The van der Waals surface area contributed by atoms with E-state index in [-0.39, 0.29) is 18.4 Å². The molecule has 2 unspecified atom stereocenters. The van der Waals surface area contributed by atoms with Crippen molar-refractivity contribution >= 4 is 27.5 Å². The fourth-order valence-electron chi connectivity index (χ4n) is 2.33. The molecular weight excluding hydrogens is 306 g/mol. The third-order valence-electron chi connectivity index (χ3n) is 3.30. The monoisotopic (exact) mass is 321 g/mol. The number of anilines is 1. The highest BCUT2D eigenvalue weighted by Crippen LogP contribution is 2.26. The van der Waals surface area contributed by atoms with Crippen molar-refractivity contribution in [1.82, 2.24) is 5.32 Å². The lowest BCUT2D eigenvalue weighted by Crippen LogP contribution is -2.59. The summed E-state index contributed by atoms with van der Waals surface area (Å²) >= 11 is 3.47. The minimum atomic E-state index is -0.401. The molecule has 0 radical (unpaired) electrons. The summed E-state index contributed by atoms with van der Waals surface area (Å²) in [6.07, 6.45) is 0.202. The van der Waals surface area contributed by atoms with E-state index in [1.54, 1.807) is 0 Å². The zero-order valence-electron chi connectivity index (χ0n) is 11.0. The van der Waals surface area contributed by atoms with Crippen molar-refractivity contribution in [1.29, 1.82) is 5.26 Å². The Bertz CT molecular complexity index is 538. The van der Waals surface area contributed by atoms with Crippen LogP contribution < -0.4 is 10.2 Å². The fourth-order valence-corrected chi connectivity index (χ4v) is 2.58. The van der Waals surface area contributed by atoms with E-state index in [4.69, 9.17) is 5.26 Å². The third-order valence-corrected chi connectivity index (χ3v) is 4.19. The molecule has 4 nitrogen and oxygen atoms in total. The number of carbonyl (C=O) groups is 1. The summed E-state index contributed by atoms with van der Waals surface area (Å²) in [5, 5.41) is 11.8. The lowest BCUT2D eigenvalue weighted by Gasteiger charge is -2.39. The Morgan fingerprint density at radius 1 is 1.58 bits per heavy atom. The van der Waals surface area contributed by atoms with Crippen LogP contribution in [0, 0.1) is 18.3 Å². The summed E-state index contributed by atoms with van der Waals surface area (Å²) in [7, 11) is 0. The lowest BCUT2D eigenvalue weighted by molar-refractivity contribution is -0.124. The number of hydrogen-bond donors (Lipinski definition) is 1. The van der Waals surface area contributed by atoms with E-state index >= 15 is 0 Å². The van der Waals surface area contributed by atoms with Gasteiger partial charge in [0.2, 0.25) is 5.91 Å². The zero-order valence-corrected chi connectivity index (χ0v) is 12.6. The van der Waals surface area contributed by atoms with Crippen LogP contribution in [0.15, 0.2) is 22.7 Å².